The van der Waals surface area contributed by atoms with Crippen LogP contribution in [0.1, 0.15) is 18.3 Å². The van der Waals surface area contributed by atoms with Gasteiger partial charge in [-0.2, -0.15) is 0 Å². The number of halogens is 2. The van der Waals surface area contributed by atoms with Crippen molar-refractivity contribution in [3.8, 4) is 5.75 Å². The fourth-order valence-electron chi connectivity index (χ4n) is 2.32. The summed E-state index contributed by atoms with van der Waals surface area (Å²) in [4.78, 5) is 0. The van der Waals surface area contributed by atoms with Crippen molar-refractivity contribution in [1.29, 1.82) is 0 Å². The molecule has 0 unspecified atom stereocenters. The second kappa shape index (κ2) is 8.61. The van der Waals surface area contributed by atoms with Crippen LogP contribution in [0.25, 0.3) is 0 Å². The monoisotopic (exact) mass is 393 g/mol. The van der Waals surface area contributed by atoms with Crippen LogP contribution < -0.4 is 4.74 Å². The van der Waals surface area contributed by atoms with Crippen molar-refractivity contribution in [1.82, 2.24) is 14.8 Å². The number of ether oxygens (including phenoxy) is 1. The summed E-state index contributed by atoms with van der Waals surface area (Å²) in [6, 6.07) is 15.2. The lowest BCUT2D eigenvalue weighted by Crippen LogP contribution is -2.07. The third-order valence-electron chi connectivity index (χ3n) is 3.63. The van der Waals surface area contributed by atoms with Gasteiger partial charge in [0.25, 0.3) is 0 Å². The van der Waals surface area contributed by atoms with Crippen LogP contribution in [0.3, 0.4) is 0 Å². The van der Waals surface area contributed by atoms with Gasteiger partial charge < -0.3 is 9.30 Å². The van der Waals surface area contributed by atoms with Crippen LogP contribution >= 0.6 is 35.0 Å². The van der Waals surface area contributed by atoms with Crippen LogP contribution in [0.4, 0.5) is 0 Å². The first kappa shape index (κ1) is 18.1. The molecule has 3 rings (SSSR count). The minimum Gasteiger partial charge on any atom is -0.486 e. The first-order chi connectivity index (χ1) is 12.2. The van der Waals surface area contributed by atoms with Crippen molar-refractivity contribution < 1.29 is 4.74 Å². The van der Waals surface area contributed by atoms with E-state index < -0.39 is 0 Å². The standard InChI is InChI=1S/C18H17Cl2N3OS/c1-2-23-17(11-24-13-7-4-3-5-8-13)21-22-18(23)25-12-14-15(19)9-6-10-16(14)20/h3-10H,2,11-12H2,1H3. The Morgan fingerprint density at radius 3 is 2.40 bits per heavy atom. The Hall–Kier alpha value is -1.69. The van der Waals surface area contributed by atoms with E-state index in [9.17, 15) is 0 Å². The van der Waals surface area contributed by atoms with Crippen LogP contribution in [-0.4, -0.2) is 14.8 Å². The summed E-state index contributed by atoms with van der Waals surface area (Å²) in [5.41, 5.74) is 0.906. The SMILES string of the molecule is CCn1c(COc2ccccc2)nnc1SCc1c(Cl)cccc1Cl. The molecular weight excluding hydrogens is 377 g/mol. The van der Waals surface area contributed by atoms with Gasteiger partial charge in [-0.25, -0.2) is 0 Å². The minimum absolute atomic E-state index is 0.373. The van der Waals surface area contributed by atoms with Crippen molar-refractivity contribution in [3.63, 3.8) is 0 Å². The number of aromatic nitrogens is 3. The predicted octanol–water partition coefficient (Wildman–Crippen LogP) is 5.48. The summed E-state index contributed by atoms with van der Waals surface area (Å²) in [5, 5.41) is 10.7. The molecule has 0 saturated heterocycles. The summed E-state index contributed by atoms with van der Waals surface area (Å²) >= 11 is 14.0. The molecule has 25 heavy (non-hydrogen) atoms. The molecule has 0 amide bonds. The lowest BCUT2D eigenvalue weighted by Gasteiger charge is -2.09. The lowest BCUT2D eigenvalue weighted by atomic mass is 10.2. The van der Waals surface area contributed by atoms with E-state index in [0.29, 0.717) is 22.4 Å². The highest BCUT2D eigenvalue weighted by Crippen LogP contribution is 2.31. The molecule has 2 aromatic carbocycles. The van der Waals surface area contributed by atoms with E-state index in [1.807, 2.05) is 53.1 Å². The van der Waals surface area contributed by atoms with Crippen LogP contribution in [0.2, 0.25) is 10.0 Å². The lowest BCUT2D eigenvalue weighted by molar-refractivity contribution is 0.288. The summed E-state index contributed by atoms with van der Waals surface area (Å²) in [7, 11) is 0. The fraction of sp³-hybridized carbons (Fsp3) is 0.222. The largest absolute Gasteiger partial charge is 0.486 e. The Bertz CT molecular complexity index is 819. The molecule has 0 N–H and O–H groups in total. The molecule has 0 fully saturated rings. The zero-order valence-electron chi connectivity index (χ0n) is 13.7. The van der Waals surface area contributed by atoms with E-state index in [-0.39, 0.29) is 0 Å². The van der Waals surface area contributed by atoms with E-state index in [0.717, 1.165) is 28.8 Å². The van der Waals surface area contributed by atoms with Gasteiger partial charge >= 0.3 is 0 Å². The van der Waals surface area contributed by atoms with Crippen molar-refractivity contribution in [2.24, 2.45) is 0 Å². The summed E-state index contributed by atoms with van der Waals surface area (Å²) in [6.07, 6.45) is 0. The topological polar surface area (TPSA) is 39.9 Å². The number of benzene rings is 2. The van der Waals surface area contributed by atoms with Crippen molar-refractivity contribution in [2.45, 2.75) is 31.0 Å². The molecule has 1 heterocycles. The minimum atomic E-state index is 0.373. The zero-order chi connectivity index (χ0) is 17.6. The Labute approximate surface area is 161 Å². The molecule has 0 spiro atoms. The first-order valence-electron chi connectivity index (χ1n) is 7.84. The van der Waals surface area contributed by atoms with Gasteiger partial charge in [-0.3, -0.25) is 0 Å². The van der Waals surface area contributed by atoms with Gasteiger partial charge in [0.1, 0.15) is 12.4 Å². The smallest absolute Gasteiger partial charge is 0.191 e. The molecule has 4 nitrogen and oxygen atoms in total. The van der Waals surface area contributed by atoms with Gasteiger partial charge in [-0.15, -0.1) is 10.2 Å². The zero-order valence-corrected chi connectivity index (χ0v) is 16.0. The number of hydrogen-bond donors (Lipinski definition) is 0. The Balaban J connectivity index is 1.69. The molecule has 0 aliphatic rings. The second-order valence-electron chi connectivity index (χ2n) is 5.23. The van der Waals surface area contributed by atoms with E-state index >= 15 is 0 Å². The Morgan fingerprint density at radius 1 is 1.00 bits per heavy atom. The summed E-state index contributed by atoms with van der Waals surface area (Å²) in [5.74, 6) is 2.24. The third-order valence-corrected chi connectivity index (χ3v) is 5.33. The normalized spacial score (nSPS) is 10.8. The number of nitrogens with zero attached hydrogens (tertiary/aromatic N) is 3. The van der Waals surface area contributed by atoms with Gasteiger partial charge in [0.15, 0.2) is 11.0 Å². The van der Waals surface area contributed by atoms with Crippen LogP contribution in [0.15, 0.2) is 53.7 Å². The molecule has 0 aliphatic carbocycles. The van der Waals surface area contributed by atoms with E-state index in [1.165, 1.54) is 0 Å². The van der Waals surface area contributed by atoms with Crippen LogP contribution in [0.5, 0.6) is 5.75 Å². The number of thioether (sulfide) groups is 1. The highest BCUT2D eigenvalue weighted by atomic mass is 35.5. The molecular formula is C18H17Cl2N3OS. The second-order valence-corrected chi connectivity index (χ2v) is 6.99. The molecule has 0 radical (unpaired) electrons. The third kappa shape index (κ3) is 4.48. The maximum Gasteiger partial charge on any atom is 0.191 e. The molecule has 1 aromatic heterocycles. The molecule has 0 bridgehead atoms. The van der Waals surface area contributed by atoms with Gasteiger partial charge in [0, 0.05) is 22.3 Å². The Morgan fingerprint density at radius 2 is 1.72 bits per heavy atom. The van der Waals surface area contributed by atoms with Gasteiger partial charge in [-0.05, 0) is 36.8 Å². The van der Waals surface area contributed by atoms with E-state index in [1.54, 1.807) is 11.8 Å². The predicted molar refractivity (Wildman–Crippen MR) is 102 cm³/mol. The number of hydrogen-bond acceptors (Lipinski definition) is 4. The van der Waals surface area contributed by atoms with Crippen molar-refractivity contribution in [3.05, 3.63) is 70.0 Å². The number of rotatable bonds is 7. The summed E-state index contributed by atoms with van der Waals surface area (Å²) < 4.78 is 7.81. The molecule has 3 aromatic rings. The molecule has 130 valence electrons. The molecule has 0 aliphatic heterocycles. The molecule has 0 atom stereocenters. The Kier molecular flexibility index (Phi) is 6.24. The van der Waals surface area contributed by atoms with Gasteiger partial charge in [-0.1, -0.05) is 59.2 Å². The summed E-state index contributed by atoms with van der Waals surface area (Å²) in [6.45, 7) is 3.19. The van der Waals surface area contributed by atoms with Gasteiger partial charge in [0.05, 0.1) is 0 Å². The quantitative estimate of drug-likeness (QED) is 0.498. The average Bonchev–Trinajstić information content (AvgIpc) is 3.02. The highest BCUT2D eigenvalue weighted by molar-refractivity contribution is 7.98. The van der Waals surface area contributed by atoms with E-state index in [4.69, 9.17) is 27.9 Å². The van der Waals surface area contributed by atoms with Crippen LogP contribution in [-0.2, 0) is 18.9 Å². The molecule has 7 heteroatoms. The number of para-hydroxylation sites is 1. The van der Waals surface area contributed by atoms with Crippen molar-refractivity contribution >= 4 is 35.0 Å². The maximum atomic E-state index is 6.23. The molecule has 0 saturated carbocycles. The van der Waals surface area contributed by atoms with E-state index in [2.05, 4.69) is 17.1 Å². The van der Waals surface area contributed by atoms with Crippen LogP contribution in [0, 0.1) is 0 Å². The maximum absolute atomic E-state index is 6.23. The fourth-order valence-corrected chi connectivity index (χ4v) is 4.08. The average molecular weight is 394 g/mol. The van der Waals surface area contributed by atoms with Gasteiger partial charge in [0.2, 0.25) is 0 Å². The van der Waals surface area contributed by atoms with Crippen molar-refractivity contribution in [2.75, 3.05) is 0 Å². The first-order valence-corrected chi connectivity index (χ1v) is 9.58. The highest BCUT2D eigenvalue weighted by Gasteiger charge is 2.14.